The van der Waals surface area contributed by atoms with Gasteiger partial charge in [-0.1, -0.05) is 35.4 Å². The molecule has 0 spiro atoms. The molecule has 1 N–H and O–H groups in total. The van der Waals surface area contributed by atoms with E-state index in [0.717, 1.165) is 5.75 Å². The molecular formula is C18H19ClFNOS2. The number of hydrogen-bond donors (Lipinski definition) is 1. The van der Waals surface area contributed by atoms with E-state index >= 15 is 0 Å². The molecule has 0 fully saturated rings. The van der Waals surface area contributed by atoms with Gasteiger partial charge in [-0.2, -0.15) is 0 Å². The minimum atomic E-state index is -0.329. The van der Waals surface area contributed by atoms with Gasteiger partial charge in [-0.15, -0.1) is 23.5 Å². The van der Waals surface area contributed by atoms with Crippen LogP contribution in [0, 0.1) is 12.7 Å². The van der Waals surface area contributed by atoms with Gasteiger partial charge in [-0.3, -0.25) is 4.79 Å². The van der Waals surface area contributed by atoms with Crippen LogP contribution >= 0.6 is 35.1 Å². The van der Waals surface area contributed by atoms with Crippen LogP contribution in [0.25, 0.3) is 0 Å². The van der Waals surface area contributed by atoms with Gasteiger partial charge in [0.2, 0.25) is 5.91 Å². The number of aryl methyl sites for hydroxylation is 1. The maximum absolute atomic E-state index is 13.6. The molecular weight excluding hydrogens is 365 g/mol. The van der Waals surface area contributed by atoms with Crippen molar-refractivity contribution in [3.05, 3.63) is 64.4 Å². The second kappa shape index (κ2) is 9.97. The van der Waals surface area contributed by atoms with Gasteiger partial charge in [0.05, 0.1) is 5.75 Å². The number of carbonyl (C=O) groups is 1. The van der Waals surface area contributed by atoms with E-state index in [4.69, 9.17) is 11.6 Å². The van der Waals surface area contributed by atoms with Crippen LogP contribution in [0.4, 0.5) is 4.39 Å². The van der Waals surface area contributed by atoms with E-state index in [1.54, 1.807) is 23.9 Å². The van der Waals surface area contributed by atoms with Crippen molar-refractivity contribution >= 4 is 41.0 Å². The highest BCUT2D eigenvalue weighted by atomic mass is 35.5. The molecule has 0 aliphatic rings. The fourth-order valence-electron chi connectivity index (χ4n) is 1.96. The topological polar surface area (TPSA) is 29.1 Å². The van der Waals surface area contributed by atoms with Crippen LogP contribution in [-0.2, 0) is 10.5 Å². The molecule has 2 nitrogen and oxygen atoms in total. The summed E-state index contributed by atoms with van der Waals surface area (Å²) in [5.41, 5.74) is 1.69. The average molecular weight is 384 g/mol. The zero-order chi connectivity index (χ0) is 17.4. The van der Waals surface area contributed by atoms with E-state index in [9.17, 15) is 9.18 Å². The lowest BCUT2D eigenvalue weighted by Gasteiger charge is -2.07. The maximum atomic E-state index is 13.6. The van der Waals surface area contributed by atoms with E-state index in [0.29, 0.717) is 28.6 Å². The van der Waals surface area contributed by atoms with E-state index in [1.165, 1.54) is 28.3 Å². The standard InChI is InChI=1S/C18H19ClFNOS2/c1-13-5-7-14(8-6-13)24-10-9-21-18(22)12-23-11-15-16(19)3-2-4-17(15)20/h2-8H,9-12H2,1H3,(H,21,22). The van der Waals surface area contributed by atoms with Crippen LogP contribution in [0.1, 0.15) is 11.1 Å². The molecule has 0 saturated carbocycles. The fraction of sp³-hybridized carbons (Fsp3) is 0.278. The zero-order valence-electron chi connectivity index (χ0n) is 13.4. The number of rotatable bonds is 8. The van der Waals surface area contributed by atoms with E-state index in [1.807, 2.05) is 0 Å². The Morgan fingerprint density at radius 2 is 1.96 bits per heavy atom. The van der Waals surface area contributed by atoms with E-state index < -0.39 is 0 Å². The van der Waals surface area contributed by atoms with E-state index in [2.05, 4.69) is 36.5 Å². The third-order valence-corrected chi connectivity index (χ3v) is 5.58. The lowest BCUT2D eigenvalue weighted by molar-refractivity contribution is -0.118. The molecule has 2 aromatic carbocycles. The van der Waals surface area contributed by atoms with E-state index in [-0.39, 0.29) is 11.7 Å². The molecule has 0 unspecified atom stereocenters. The molecule has 24 heavy (non-hydrogen) atoms. The Balaban J connectivity index is 1.62. The Hall–Kier alpha value is -1.17. The van der Waals surface area contributed by atoms with Crippen molar-refractivity contribution in [3.63, 3.8) is 0 Å². The molecule has 0 aromatic heterocycles. The highest BCUT2D eigenvalue weighted by Crippen LogP contribution is 2.23. The summed E-state index contributed by atoms with van der Waals surface area (Å²) in [6.45, 7) is 2.67. The Morgan fingerprint density at radius 3 is 2.67 bits per heavy atom. The van der Waals surface area contributed by atoms with Crippen molar-refractivity contribution in [2.24, 2.45) is 0 Å². The highest BCUT2D eigenvalue weighted by molar-refractivity contribution is 7.99. The minimum Gasteiger partial charge on any atom is -0.355 e. The molecule has 2 rings (SSSR count). The third kappa shape index (κ3) is 6.38. The number of carbonyl (C=O) groups excluding carboxylic acids is 1. The van der Waals surface area contributed by atoms with Crippen molar-refractivity contribution in [1.82, 2.24) is 5.32 Å². The van der Waals surface area contributed by atoms with Crippen molar-refractivity contribution < 1.29 is 9.18 Å². The first-order valence-electron chi connectivity index (χ1n) is 7.53. The maximum Gasteiger partial charge on any atom is 0.230 e. The third-order valence-electron chi connectivity index (χ3n) is 3.26. The second-order valence-corrected chi connectivity index (χ2v) is 7.77. The Kier molecular flexibility index (Phi) is 7.95. The molecule has 0 saturated heterocycles. The Labute approximate surface area is 155 Å². The molecule has 0 aliphatic heterocycles. The monoisotopic (exact) mass is 383 g/mol. The normalized spacial score (nSPS) is 10.6. The molecule has 1 amide bonds. The van der Waals surface area contributed by atoms with Gasteiger partial charge in [0, 0.05) is 33.5 Å². The van der Waals surface area contributed by atoms with Crippen LogP contribution in [0.2, 0.25) is 5.02 Å². The predicted octanol–water partition coefficient (Wildman–Crippen LogP) is 4.93. The summed E-state index contributed by atoms with van der Waals surface area (Å²) in [6, 6.07) is 12.9. The number of amides is 1. The molecule has 128 valence electrons. The second-order valence-electron chi connectivity index (χ2n) is 5.20. The highest BCUT2D eigenvalue weighted by Gasteiger charge is 2.08. The SMILES string of the molecule is Cc1ccc(SCCNC(=O)CSCc2c(F)cccc2Cl)cc1. The average Bonchev–Trinajstić information content (AvgIpc) is 2.56. The van der Waals surface area contributed by atoms with Crippen molar-refractivity contribution in [1.29, 1.82) is 0 Å². The van der Waals surface area contributed by atoms with Gasteiger partial charge in [0.25, 0.3) is 0 Å². The van der Waals surface area contributed by atoms with Crippen LogP contribution in [0.15, 0.2) is 47.4 Å². The number of hydrogen-bond acceptors (Lipinski definition) is 3. The van der Waals surface area contributed by atoms with Crippen molar-refractivity contribution in [2.45, 2.75) is 17.6 Å². The first-order chi connectivity index (χ1) is 11.6. The fourth-order valence-corrected chi connectivity index (χ4v) is 3.93. The first kappa shape index (κ1) is 19.2. The number of halogens is 2. The van der Waals surface area contributed by atoms with Gasteiger partial charge in [0.15, 0.2) is 0 Å². The van der Waals surface area contributed by atoms with Gasteiger partial charge >= 0.3 is 0 Å². The summed E-state index contributed by atoms with van der Waals surface area (Å²) in [7, 11) is 0. The summed E-state index contributed by atoms with van der Waals surface area (Å²) >= 11 is 9.02. The Morgan fingerprint density at radius 1 is 1.21 bits per heavy atom. The van der Waals surface area contributed by atoms with Crippen molar-refractivity contribution in [3.8, 4) is 0 Å². The van der Waals surface area contributed by atoms with Gasteiger partial charge < -0.3 is 5.32 Å². The van der Waals surface area contributed by atoms with Gasteiger partial charge in [-0.05, 0) is 31.2 Å². The lowest BCUT2D eigenvalue weighted by atomic mass is 10.2. The summed E-state index contributed by atoms with van der Waals surface area (Å²) in [6.07, 6.45) is 0. The molecule has 0 bridgehead atoms. The number of thioether (sulfide) groups is 2. The lowest BCUT2D eigenvalue weighted by Crippen LogP contribution is -2.27. The predicted molar refractivity (Wildman–Crippen MR) is 102 cm³/mol. The molecule has 2 aromatic rings. The van der Waals surface area contributed by atoms with Crippen LogP contribution in [0.5, 0.6) is 0 Å². The minimum absolute atomic E-state index is 0.0445. The van der Waals surface area contributed by atoms with Gasteiger partial charge in [-0.25, -0.2) is 4.39 Å². The smallest absolute Gasteiger partial charge is 0.230 e. The summed E-state index contributed by atoms with van der Waals surface area (Å²) in [4.78, 5) is 13.0. The summed E-state index contributed by atoms with van der Waals surface area (Å²) in [5, 5.41) is 3.27. The number of nitrogens with one attached hydrogen (secondary N) is 1. The molecule has 0 heterocycles. The van der Waals surface area contributed by atoms with Crippen LogP contribution < -0.4 is 5.32 Å². The zero-order valence-corrected chi connectivity index (χ0v) is 15.7. The van der Waals surface area contributed by atoms with Crippen LogP contribution in [0.3, 0.4) is 0 Å². The number of benzene rings is 2. The summed E-state index contributed by atoms with van der Waals surface area (Å²) in [5.74, 6) is 1.12. The van der Waals surface area contributed by atoms with Crippen LogP contribution in [-0.4, -0.2) is 24.0 Å². The summed E-state index contributed by atoms with van der Waals surface area (Å²) < 4.78 is 13.6. The quantitative estimate of drug-likeness (QED) is 0.517. The molecule has 0 radical (unpaired) electrons. The molecule has 0 atom stereocenters. The molecule has 6 heteroatoms. The first-order valence-corrected chi connectivity index (χ1v) is 10.0. The Bertz CT molecular complexity index is 659. The van der Waals surface area contributed by atoms with Crippen molar-refractivity contribution in [2.75, 3.05) is 18.1 Å². The van der Waals surface area contributed by atoms with Gasteiger partial charge in [0.1, 0.15) is 5.82 Å². The molecule has 0 aliphatic carbocycles. The largest absolute Gasteiger partial charge is 0.355 e.